The van der Waals surface area contributed by atoms with E-state index in [-0.39, 0.29) is 33.3 Å². The van der Waals surface area contributed by atoms with Crippen LogP contribution in [0, 0.1) is 23.0 Å². The van der Waals surface area contributed by atoms with Crippen molar-refractivity contribution in [3.8, 4) is 23.4 Å². The molecule has 0 bridgehead atoms. The van der Waals surface area contributed by atoms with E-state index in [2.05, 4.69) is 15.3 Å². The zero-order chi connectivity index (χ0) is 26.0. The fourth-order valence-electron chi connectivity index (χ4n) is 2.94. The van der Waals surface area contributed by atoms with E-state index in [0.29, 0.717) is 0 Å². The quantitative estimate of drug-likeness (QED) is 0.492. The molecule has 1 aromatic heterocycles. The Bertz CT molecular complexity index is 1450. The van der Waals surface area contributed by atoms with Gasteiger partial charge in [0.25, 0.3) is 5.91 Å². The number of benzene rings is 2. The third-order valence-corrected chi connectivity index (χ3v) is 5.73. The summed E-state index contributed by atoms with van der Waals surface area (Å²) in [4.78, 5) is 20.1. The van der Waals surface area contributed by atoms with Gasteiger partial charge in [0.15, 0.2) is 11.5 Å². The molecule has 0 aliphatic heterocycles. The van der Waals surface area contributed by atoms with Crippen LogP contribution in [0.4, 0.5) is 18.9 Å². The van der Waals surface area contributed by atoms with E-state index in [4.69, 9.17) is 19.5 Å². The normalized spacial score (nSPS) is 12.8. The molecule has 0 saturated heterocycles. The van der Waals surface area contributed by atoms with E-state index in [1.54, 1.807) is 0 Å². The second kappa shape index (κ2) is 9.59. The van der Waals surface area contributed by atoms with Gasteiger partial charge in [-0.2, -0.15) is 23.4 Å². The molecule has 0 fully saturated rings. The van der Waals surface area contributed by atoms with E-state index in [1.165, 1.54) is 62.8 Å². The predicted octanol–water partition coefficient (Wildman–Crippen LogP) is 4.76. The van der Waals surface area contributed by atoms with Crippen LogP contribution < -0.4 is 14.8 Å². The third kappa shape index (κ3) is 5.85. The van der Waals surface area contributed by atoms with Crippen LogP contribution in [-0.4, -0.2) is 33.4 Å². The Morgan fingerprint density at radius 2 is 1.89 bits per heavy atom. The van der Waals surface area contributed by atoms with Gasteiger partial charge in [0.1, 0.15) is 5.56 Å². The summed E-state index contributed by atoms with van der Waals surface area (Å²) in [6, 6.07) is 11.5. The van der Waals surface area contributed by atoms with Crippen molar-refractivity contribution in [1.82, 2.24) is 9.97 Å². The van der Waals surface area contributed by atoms with Gasteiger partial charge in [-0.15, -0.1) is 0 Å². The summed E-state index contributed by atoms with van der Waals surface area (Å²) < 4.78 is 70.6. The van der Waals surface area contributed by atoms with Crippen molar-refractivity contribution in [2.75, 3.05) is 18.7 Å². The van der Waals surface area contributed by atoms with Gasteiger partial charge in [0.05, 0.1) is 34.2 Å². The standard InChI is InChI=1S/C22H18F3N5O4S/c1-12-18(19(31)29-14-5-4-6-15(10-14)35(3,27)32)20(30-21(28-12)22(23,24)25)34-16-8-7-13(11-26)9-17(16)33-2/h4-10,27H,1-3H3,(H,29,31). The number of anilines is 1. The van der Waals surface area contributed by atoms with Gasteiger partial charge >= 0.3 is 6.18 Å². The lowest BCUT2D eigenvalue weighted by molar-refractivity contribution is -0.145. The molecule has 2 N–H and O–H groups in total. The molecule has 1 atom stereocenters. The number of hydrogen-bond acceptors (Lipinski definition) is 8. The molecule has 0 aliphatic rings. The summed E-state index contributed by atoms with van der Waals surface area (Å²) in [6.45, 7) is 1.19. The van der Waals surface area contributed by atoms with Gasteiger partial charge in [-0.3, -0.25) is 4.79 Å². The monoisotopic (exact) mass is 505 g/mol. The maximum atomic E-state index is 13.4. The molecular weight excluding hydrogens is 487 g/mol. The smallest absolute Gasteiger partial charge is 0.451 e. The summed E-state index contributed by atoms with van der Waals surface area (Å²) in [6.07, 6.45) is -3.71. The Hall–Kier alpha value is -4.18. The number of carbonyl (C=O) groups excluding carboxylic acids is 1. The molecule has 9 nitrogen and oxygen atoms in total. The predicted molar refractivity (Wildman–Crippen MR) is 119 cm³/mol. The molecule has 3 aromatic rings. The van der Waals surface area contributed by atoms with E-state index >= 15 is 0 Å². The highest BCUT2D eigenvalue weighted by Gasteiger charge is 2.37. The molecule has 13 heteroatoms. The second-order valence-corrected chi connectivity index (χ2v) is 9.37. The first-order valence-electron chi connectivity index (χ1n) is 9.70. The van der Waals surface area contributed by atoms with E-state index < -0.39 is 39.1 Å². The second-order valence-electron chi connectivity index (χ2n) is 7.22. The molecular formula is C22H18F3N5O4S. The highest BCUT2D eigenvalue weighted by Crippen LogP contribution is 2.36. The summed E-state index contributed by atoms with van der Waals surface area (Å²) in [7, 11) is -1.81. The summed E-state index contributed by atoms with van der Waals surface area (Å²) in [5.74, 6) is -3.17. The topological polar surface area (TPSA) is 138 Å². The van der Waals surface area contributed by atoms with Crippen LogP contribution in [-0.2, 0) is 15.9 Å². The van der Waals surface area contributed by atoms with Crippen molar-refractivity contribution in [3.05, 3.63) is 65.1 Å². The van der Waals surface area contributed by atoms with Gasteiger partial charge in [-0.05, 0) is 37.3 Å². The molecule has 0 spiro atoms. The zero-order valence-corrected chi connectivity index (χ0v) is 19.4. The number of nitrogens with one attached hydrogen (secondary N) is 2. The van der Waals surface area contributed by atoms with Gasteiger partial charge in [-0.1, -0.05) is 6.07 Å². The number of amides is 1. The molecule has 35 heavy (non-hydrogen) atoms. The number of alkyl halides is 3. The number of aryl methyl sites for hydroxylation is 1. The van der Waals surface area contributed by atoms with Gasteiger partial charge < -0.3 is 14.8 Å². The Balaban J connectivity index is 2.09. The SMILES string of the molecule is COc1cc(C#N)ccc1Oc1nc(C(F)(F)F)nc(C)c1C(=O)Nc1cccc(S(C)(=N)=O)c1. The Labute approximate surface area is 198 Å². The molecule has 1 unspecified atom stereocenters. The van der Waals surface area contributed by atoms with Crippen LogP contribution in [0.2, 0.25) is 0 Å². The number of ether oxygens (including phenoxy) is 2. The van der Waals surface area contributed by atoms with Crippen molar-refractivity contribution in [2.24, 2.45) is 0 Å². The van der Waals surface area contributed by atoms with Crippen LogP contribution >= 0.6 is 0 Å². The van der Waals surface area contributed by atoms with Crippen LogP contribution in [0.15, 0.2) is 47.4 Å². The fraction of sp³-hybridized carbons (Fsp3) is 0.182. The lowest BCUT2D eigenvalue weighted by atomic mass is 10.2. The highest BCUT2D eigenvalue weighted by molar-refractivity contribution is 7.91. The average molecular weight is 505 g/mol. The molecule has 0 aliphatic carbocycles. The van der Waals surface area contributed by atoms with Gasteiger partial charge in [0.2, 0.25) is 11.7 Å². The zero-order valence-electron chi connectivity index (χ0n) is 18.6. The van der Waals surface area contributed by atoms with Gasteiger partial charge in [0, 0.05) is 22.9 Å². The number of aromatic nitrogens is 2. The summed E-state index contributed by atoms with van der Waals surface area (Å²) >= 11 is 0. The Morgan fingerprint density at radius 1 is 1.17 bits per heavy atom. The first kappa shape index (κ1) is 25.4. The number of methoxy groups -OCH3 is 1. The van der Waals surface area contributed by atoms with E-state index in [1.807, 2.05) is 6.07 Å². The minimum Gasteiger partial charge on any atom is -0.493 e. The average Bonchev–Trinajstić information content (AvgIpc) is 2.78. The molecule has 1 heterocycles. The number of hydrogen-bond donors (Lipinski definition) is 2. The maximum Gasteiger partial charge on any atom is 0.451 e. The Kier molecular flexibility index (Phi) is 6.97. The molecule has 0 radical (unpaired) electrons. The van der Waals surface area contributed by atoms with Crippen LogP contribution in [0.25, 0.3) is 0 Å². The Morgan fingerprint density at radius 3 is 2.49 bits per heavy atom. The number of nitriles is 1. The third-order valence-electron chi connectivity index (χ3n) is 4.58. The lowest BCUT2D eigenvalue weighted by Gasteiger charge is -2.16. The fourth-order valence-corrected chi connectivity index (χ4v) is 3.63. The molecule has 0 saturated carbocycles. The molecule has 182 valence electrons. The number of carbonyl (C=O) groups is 1. The van der Waals surface area contributed by atoms with Crippen LogP contribution in [0.5, 0.6) is 17.4 Å². The van der Waals surface area contributed by atoms with E-state index in [0.717, 1.165) is 0 Å². The number of rotatable bonds is 6. The number of nitrogens with zero attached hydrogens (tertiary/aromatic N) is 3. The summed E-state index contributed by atoms with van der Waals surface area (Å²) in [5.41, 5.74) is -0.347. The van der Waals surface area contributed by atoms with Crippen molar-refractivity contribution < 1.29 is 31.6 Å². The molecule has 3 rings (SSSR count). The van der Waals surface area contributed by atoms with Crippen molar-refractivity contribution in [1.29, 1.82) is 10.0 Å². The largest absolute Gasteiger partial charge is 0.493 e. The maximum absolute atomic E-state index is 13.4. The van der Waals surface area contributed by atoms with Gasteiger partial charge in [-0.25, -0.2) is 14.0 Å². The van der Waals surface area contributed by atoms with Crippen LogP contribution in [0.3, 0.4) is 0 Å². The lowest BCUT2D eigenvalue weighted by Crippen LogP contribution is -2.20. The first-order valence-corrected chi connectivity index (χ1v) is 11.7. The van der Waals surface area contributed by atoms with Crippen molar-refractivity contribution in [3.63, 3.8) is 0 Å². The van der Waals surface area contributed by atoms with Crippen molar-refractivity contribution >= 4 is 21.3 Å². The van der Waals surface area contributed by atoms with Crippen molar-refractivity contribution in [2.45, 2.75) is 18.0 Å². The number of halogens is 3. The van der Waals surface area contributed by atoms with Crippen LogP contribution in [0.1, 0.15) is 27.4 Å². The minimum absolute atomic E-state index is 0.0288. The minimum atomic E-state index is -4.92. The first-order chi connectivity index (χ1) is 16.3. The van der Waals surface area contributed by atoms with E-state index in [9.17, 15) is 22.2 Å². The highest BCUT2D eigenvalue weighted by atomic mass is 32.2. The molecule has 2 aromatic carbocycles. The summed E-state index contributed by atoms with van der Waals surface area (Å²) in [5, 5.41) is 11.5. The molecule has 1 amide bonds.